The van der Waals surface area contributed by atoms with Crippen LogP contribution in [0.1, 0.15) is 63.4 Å². The molecule has 1 aliphatic carbocycles. The number of fused-ring (bicyclic) bond motifs is 3. The fraction of sp³-hybridized carbons (Fsp3) is 0.280. The van der Waals surface area contributed by atoms with Crippen LogP contribution in [0.2, 0.25) is 0 Å². The molecule has 3 heterocycles. The summed E-state index contributed by atoms with van der Waals surface area (Å²) in [6.07, 6.45) is 3.21. The smallest absolute Gasteiger partial charge is 0.275 e. The third kappa shape index (κ3) is 2.69. The Hall–Kier alpha value is -3.34. The van der Waals surface area contributed by atoms with E-state index in [1.807, 2.05) is 11.0 Å². The molecule has 0 bridgehead atoms. The normalized spacial score (nSPS) is 18.6. The van der Waals surface area contributed by atoms with E-state index in [4.69, 9.17) is 0 Å². The van der Waals surface area contributed by atoms with E-state index in [1.54, 1.807) is 0 Å². The summed E-state index contributed by atoms with van der Waals surface area (Å²) in [7, 11) is 0. The lowest BCUT2D eigenvalue weighted by Crippen LogP contribution is -2.41. The second-order valence-electron chi connectivity index (χ2n) is 8.55. The number of hydrogen-bond donors (Lipinski definition) is 2. The summed E-state index contributed by atoms with van der Waals surface area (Å²) in [6.45, 7) is 2.80. The van der Waals surface area contributed by atoms with E-state index in [-0.39, 0.29) is 11.9 Å². The highest BCUT2D eigenvalue weighted by molar-refractivity contribution is 5.94. The van der Waals surface area contributed by atoms with Gasteiger partial charge >= 0.3 is 0 Å². The number of benzene rings is 2. The summed E-state index contributed by atoms with van der Waals surface area (Å²) in [6, 6.07) is 18.6. The first-order valence-corrected chi connectivity index (χ1v) is 10.7. The lowest BCUT2D eigenvalue weighted by Gasteiger charge is -2.36. The molecule has 30 heavy (non-hydrogen) atoms. The summed E-state index contributed by atoms with van der Waals surface area (Å²) in [5.74, 6) is 0.545. The average molecular weight is 396 g/mol. The maximum absolute atomic E-state index is 13.6. The van der Waals surface area contributed by atoms with Gasteiger partial charge in [-0.2, -0.15) is 5.10 Å². The molecule has 1 fully saturated rings. The van der Waals surface area contributed by atoms with Gasteiger partial charge in [-0.25, -0.2) is 0 Å². The van der Waals surface area contributed by atoms with E-state index in [9.17, 15) is 4.79 Å². The molecule has 2 N–H and O–H groups in total. The van der Waals surface area contributed by atoms with Crippen LogP contribution in [0, 0.1) is 6.92 Å². The number of aromatic amines is 2. The molecule has 0 unspecified atom stereocenters. The van der Waals surface area contributed by atoms with Gasteiger partial charge in [-0.05, 0) is 55.0 Å². The van der Waals surface area contributed by atoms with Crippen molar-refractivity contribution < 1.29 is 4.79 Å². The third-order valence-corrected chi connectivity index (χ3v) is 6.61. The van der Waals surface area contributed by atoms with Crippen LogP contribution in [-0.2, 0) is 6.42 Å². The Labute approximate surface area is 175 Å². The minimum Gasteiger partial charge on any atom is -0.356 e. The van der Waals surface area contributed by atoms with Crippen molar-refractivity contribution in [1.29, 1.82) is 0 Å². The Bertz CT molecular complexity index is 1260. The molecular formula is C25H24N4O. The Morgan fingerprint density at radius 1 is 1.10 bits per heavy atom. The van der Waals surface area contributed by atoms with Crippen LogP contribution < -0.4 is 0 Å². The van der Waals surface area contributed by atoms with Crippen LogP contribution in [0.4, 0.5) is 0 Å². The summed E-state index contributed by atoms with van der Waals surface area (Å²) >= 11 is 0. The Morgan fingerprint density at radius 2 is 1.90 bits per heavy atom. The molecule has 1 aliphatic heterocycles. The maximum atomic E-state index is 13.6. The van der Waals surface area contributed by atoms with Gasteiger partial charge in [0, 0.05) is 34.8 Å². The zero-order valence-electron chi connectivity index (χ0n) is 17.0. The van der Waals surface area contributed by atoms with Crippen LogP contribution in [-0.4, -0.2) is 32.5 Å². The number of amides is 1. The molecule has 4 aromatic rings. The van der Waals surface area contributed by atoms with Crippen molar-refractivity contribution in [3.05, 3.63) is 88.4 Å². The maximum Gasteiger partial charge on any atom is 0.275 e. The number of nitrogens with zero attached hydrogens (tertiary/aromatic N) is 2. The lowest BCUT2D eigenvalue weighted by atomic mass is 9.90. The second kappa shape index (κ2) is 6.59. The quantitative estimate of drug-likeness (QED) is 0.519. The summed E-state index contributed by atoms with van der Waals surface area (Å²) in [5, 5.41) is 8.72. The van der Waals surface area contributed by atoms with Crippen molar-refractivity contribution in [3.63, 3.8) is 0 Å². The minimum atomic E-state index is -0.143. The molecule has 6 rings (SSSR count). The van der Waals surface area contributed by atoms with Crippen molar-refractivity contribution in [3.8, 4) is 0 Å². The largest absolute Gasteiger partial charge is 0.356 e. The molecule has 150 valence electrons. The summed E-state index contributed by atoms with van der Waals surface area (Å²) < 4.78 is 0. The van der Waals surface area contributed by atoms with E-state index in [1.165, 1.54) is 29.4 Å². The first kappa shape index (κ1) is 17.5. The molecule has 1 amide bonds. The molecule has 0 spiro atoms. The topological polar surface area (TPSA) is 64.8 Å². The number of aromatic nitrogens is 3. The Balaban J connectivity index is 1.48. The van der Waals surface area contributed by atoms with Gasteiger partial charge in [0.15, 0.2) is 0 Å². The predicted octanol–water partition coefficient (Wildman–Crippen LogP) is 4.86. The minimum absolute atomic E-state index is 0.00397. The number of carbonyl (C=O) groups is 1. The van der Waals surface area contributed by atoms with Crippen LogP contribution in [0.3, 0.4) is 0 Å². The number of hydrogen-bond acceptors (Lipinski definition) is 2. The molecule has 0 saturated heterocycles. The zero-order chi connectivity index (χ0) is 20.2. The highest BCUT2D eigenvalue weighted by Crippen LogP contribution is 2.41. The van der Waals surface area contributed by atoms with E-state index in [0.717, 1.165) is 28.9 Å². The lowest BCUT2D eigenvalue weighted by molar-refractivity contribution is 0.0685. The second-order valence-corrected chi connectivity index (χ2v) is 8.55. The third-order valence-electron chi connectivity index (χ3n) is 6.61. The van der Waals surface area contributed by atoms with Gasteiger partial charge in [-0.15, -0.1) is 0 Å². The first-order valence-electron chi connectivity index (χ1n) is 10.7. The van der Waals surface area contributed by atoms with Gasteiger partial charge < -0.3 is 9.88 Å². The predicted molar refractivity (Wildman–Crippen MR) is 117 cm³/mol. The number of para-hydroxylation sites is 1. The van der Waals surface area contributed by atoms with Gasteiger partial charge in [-0.3, -0.25) is 9.89 Å². The highest BCUT2D eigenvalue weighted by Gasteiger charge is 2.37. The van der Waals surface area contributed by atoms with Crippen molar-refractivity contribution in [2.45, 2.75) is 38.1 Å². The molecule has 0 radical (unpaired) electrons. The molecule has 2 aromatic heterocycles. The van der Waals surface area contributed by atoms with Gasteiger partial charge in [0.2, 0.25) is 0 Å². The van der Waals surface area contributed by atoms with Crippen molar-refractivity contribution in [2.24, 2.45) is 0 Å². The van der Waals surface area contributed by atoms with Crippen molar-refractivity contribution in [1.82, 2.24) is 20.1 Å². The van der Waals surface area contributed by atoms with E-state index < -0.39 is 0 Å². The molecular weight excluding hydrogens is 372 g/mol. The van der Waals surface area contributed by atoms with Crippen LogP contribution in [0.25, 0.3) is 10.9 Å². The van der Waals surface area contributed by atoms with Crippen molar-refractivity contribution in [2.75, 3.05) is 6.54 Å². The first-order chi connectivity index (χ1) is 14.7. The molecule has 1 saturated carbocycles. The van der Waals surface area contributed by atoms with Crippen LogP contribution >= 0.6 is 0 Å². The molecule has 2 aromatic carbocycles. The van der Waals surface area contributed by atoms with Gasteiger partial charge in [0.05, 0.1) is 6.04 Å². The monoisotopic (exact) mass is 396 g/mol. The fourth-order valence-corrected chi connectivity index (χ4v) is 4.87. The highest BCUT2D eigenvalue weighted by atomic mass is 16.2. The number of H-pyrrole nitrogens is 2. The number of nitrogens with one attached hydrogen (secondary N) is 2. The van der Waals surface area contributed by atoms with Gasteiger partial charge in [-0.1, -0.05) is 42.5 Å². The standard InChI is InChI=1S/C25H24N4O/c1-15-6-2-3-7-17(15)24-23-19(18-8-4-5-9-20(18)26-23)12-13-29(24)25(30)22-14-21(27-28-22)16-10-11-16/h2-9,14,16,24,26H,10-13H2,1H3,(H,27,28)/t24-/m0/s1. The molecule has 5 nitrogen and oxygen atoms in total. The average Bonchev–Trinajstić information content (AvgIpc) is 3.38. The zero-order valence-corrected chi connectivity index (χ0v) is 17.0. The molecule has 1 atom stereocenters. The van der Waals surface area contributed by atoms with Gasteiger partial charge in [0.25, 0.3) is 5.91 Å². The number of aryl methyl sites for hydroxylation is 1. The Kier molecular flexibility index (Phi) is 3.85. The van der Waals surface area contributed by atoms with E-state index in [0.29, 0.717) is 18.2 Å². The van der Waals surface area contributed by atoms with Crippen LogP contribution in [0.5, 0.6) is 0 Å². The van der Waals surface area contributed by atoms with E-state index in [2.05, 4.69) is 70.6 Å². The Morgan fingerprint density at radius 3 is 2.73 bits per heavy atom. The number of carbonyl (C=O) groups excluding carboxylic acids is 1. The summed E-state index contributed by atoms with van der Waals surface area (Å²) in [4.78, 5) is 19.2. The van der Waals surface area contributed by atoms with Gasteiger partial charge in [0.1, 0.15) is 5.69 Å². The fourth-order valence-electron chi connectivity index (χ4n) is 4.87. The molecule has 2 aliphatic rings. The summed E-state index contributed by atoms with van der Waals surface area (Å²) in [5.41, 5.74) is 7.55. The number of rotatable bonds is 3. The molecule has 5 heteroatoms. The van der Waals surface area contributed by atoms with E-state index >= 15 is 0 Å². The SMILES string of the molecule is Cc1ccccc1[C@H]1c2[nH]c3ccccc3c2CCN1C(=O)c1cc(C2CC2)[nH]n1. The van der Waals surface area contributed by atoms with Crippen LogP contribution in [0.15, 0.2) is 54.6 Å². The van der Waals surface area contributed by atoms with Crippen molar-refractivity contribution >= 4 is 16.8 Å².